The number of nitrogens with one attached hydrogen (secondary N) is 1. The molecule has 1 N–H and O–H groups in total. The van der Waals surface area contributed by atoms with E-state index in [2.05, 4.69) is 32.3 Å². The Labute approximate surface area is 162 Å². The molecule has 0 aliphatic carbocycles. The Morgan fingerprint density at radius 3 is 2.39 bits per heavy atom. The summed E-state index contributed by atoms with van der Waals surface area (Å²) in [4.78, 5) is 17.9. The van der Waals surface area contributed by atoms with Crippen LogP contribution >= 0.6 is 0 Å². The highest BCUT2D eigenvalue weighted by molar-refractivity contribution is 5.92. The van der Waals surface area contributed by atoms with Gasteiger partial charge in [-0.1, -0.05) is 30.3 Å². The molecule has 4 fully saturated rings. The Kier molecular flexibility index (Phi) is 4.21. The number of benzene rings is 1. The van der Waals surface area contributed by atoms with Crippen LogP contribution in [0.3, 0.4) is 0 Å². The highest BCUT2D eigenvalue weighted by Gasteiger charge is 2.55. The molecule has 2 aromatic rings. The summed E-state index contributed by atoms with van der Waals surface area (Å²) in [7, 11) is 0. The van der Waals surface area contributed by atoms with Crippen molar-refractivity contribution in [3.8, 4) is 0 Å². The van der Waals surface area contributed by atoms with Crippen molar-refractivity contribution in [2.24, 2.45) is 5.92 Å². The Morgan fingerprint density at radius 1 is 1.11 bits per heavy atom. The van der Waals surface area contributed by atoms with Gasteiger partial charge in [-0.2, -0.15) is 13.9 Å². The van der Waals surface area contributed by atoms with Gasteiger partial charge >= 0.3 is 6.55 Å². The zero-order chi connectivity index (χ0) is 19.3. The maximum absolute atomic E-state index is 12.9. The van der Waals surface area contributed by atoms with Gasteiger partial charge in [-0.25, -0.2) is 4.68 Å². The molecule has 0 radical (unpaired) electrons. The van der Waals surface area contributed by atoms with Gasteiger partial charge in [-0.05, 0) is 11.6 Å². The minimum Gasteiger partial charge on any atom is -0.347 e. The molecule has 6 rings (SSSR count). The van der Waals surface area contributed by atoms with Crippen molar-refractivity contribution in [1.82, 2.24) is 24.9 Å². The third-order valence-corrected chi connectivity index (χ3v) is 6.47. The molecule has 2 unspecified atom stereocenters. The molecular weight excluding hydrogens is 364 g/mol. The quantitative estimate of drug-likeness (QED) is 0.866. The lowest BCUT2D eigenvalue weighted by atomic mass is 9.64. The Bertz CT molecular complexity index is 854. The fraction of sp³-hybridized carbons (Fsp3) is 0.500. The van der Waals surface area contributed by atoms with Crippen LogP contribution in [0.4, 0.5) is 8.78 Å². The van der Waals surface area contributed by atoms with Crippen LogP contribution in [0, 0.1) is 5.92 Å². The second-order valence-corrected chi connectivity index (χ2v) is 8.16. The van der Waals surface area contributed by atoms with Gasteiger partial charge in [0.15, 0.2) is 0 Å². The van der Waals surface area contributed by atoms with Crippen LogP contribution in [0.15, 0.2) is 42.6 Å². The SMILES string of the molecule is O=C(N[C@H]1C2CN3CCN(C2)CC1(c1ccccc1)C3)c1ccn(C(F)F)n1. The monoisotopic (exact) mass is 387 g/mol. The van der Waals surface area contributed by atoms with E-state index in [0.717, 1.165) is 45.5 Å². The van der Waals surface area contributed by atoms with Crippen molar-refractivity contribution in [2.75, 3.05) is 39.3 Å². The number of rotatable bonds is 4. The molecule has 0 saturated carbocycles. The number of alkyl halides is 2. The van der Waals surface area contributed by atoms with Crippen LogP contribution in [0.2, 0.25) is 0 Å². The molecule has 0 spiro atoms. The number of piperidine rings is 2. The lowest BCUT2D eigenvalue weighted by Crippen LogP contribution is -2.70. The largest absolute Gasteiger partial charge is 0.347 e. The average Bonchev–Trinajstić information content (AvgIpc) is 3.06. The first-order valence-electron chi connectivity index (χ1n) is 9.69. The van der Waals surface area contributed by atoms with Crippen LogP contribution in [0.25, 0.3) is 0 Å². The molecule has 6 nitrogen and oxygen atoms in total. The summed E-state index contributed by atoms with van der Waals surface area (Å²) in [5.41, 5.74) is 1.05. The molecule has 4 saturated heterocycles. The number of halogens is 2. The van der Waals surface area contributed by atoms with Crippen LogP contribution < -0.4 is 5.32 Å². The zero-order valence-electron chi connectivity index (χ0n) is 15.5. The molecule has 1 aromatic carbocycles. The molecule has 28 heavy (non-hydrogen) atoms. The van der Waals surface area contributed by atoms with Gasteiger partial charge in [-0.15, -0.1) is 0 Å². The van der Waals surface area contributed by atoms with Crippen LogP contribution in [0.1, 0.15) is 22.6 Å². The summed E-state index contributed by atoms with van der Waals surface area (Å²) < 4.78 is 26.2. The van der Waals surface area contributed by atoms with Gasteiger partial charge in [0.2, 0.25) is 0 Å². The Morgan fingerprint density at radius 2 is 1.79 bits per heavy atom. The predicted octanol–water partition coefficient (Wildman–Crippen LogP) is 1.58. The van der Waals surface area contributed by atoms with Crippen molar-refractivity contribution >= 4 is 5.91 Å². The number of fused-ring (bicyclic) bond motifs is 1. The first kappa shape index (κ1) is 17.8. The maximum Gasteiger partial charge on any atom is 0.333 e. The lowest BCUT2D eigenvalue weighted by molar-refractivity contribution is 0.0178. The van der Waals surface area contributed by atoms with E-state index in [1.807, 2.05) is 18.2 Å². The zero-order valence-corrected chi connectivity index (χ0v) is 15.5. The number of amides is 1. The van der Waals surface area contributed by atoms with Gasteiger partial charge < -0.3 is 15.1 Å². The second-order valence-electron chi connectivity index (χ2n) is 8.16. The fourth-order valence-electron chi connectivity index (χ4n) is 5.35. The van der Waals surface area contributed by atoms with Gasteiger partial charge in [0.05, 0.1) is 0 Å². The van der Waals surface area contributed by atoms with E-state index in [0.29, 0.717) is 10.6 Å². The summed E-state index contributed by atoms with van der Waals surface area (Å²) in [6, 6.07) is 11.7. The summed E-state index contributed by atoms with van der Waals surface area (Å²) in [5.74, 6) is -0.0813. The highest BCUT2D eigenvalue weighted by atomic mass is 19.3. The number of hydrogen-bond acceptors (Lipinski definition) is 4. The highest BCUT2D eigenvalue weighted by Crippen LogP contribution is 2.43. The molecule has 1 amide bonds. The van der Waals surface area contributed by atoms with E-state index in [1.165, 1.54) is 11.6 Å². The summed E-state index contributed by atoms with van der Waals surface area (Å²) >= 11 is 0. The number of aromatic nitrogens is 2. The predicted molar refractivity (Wildman–Crippen MR) is 99.2 cm³/mol. The summed E-state index contributed by atoms with van der Waals surface area (Å²) in [6.07, 6.45) is 1.14. The second kappa shape index (κ2) is 6.63. The number of carbonyl (C=O) groups excluding carboxylic acids is 1. The summed E-state index contributed by atoms with van der Waals surface area (Å²) in [6.45, 7) is 3.02. The van der Waals surface area contributed by atoms with Crippen LogP contribution in [-0.2, 0) is 5.41 Å². The van der Waals surface area contributed by atoms with Crippen molar-refractivity contribution in [2.45, 2.75) is 18.0 Å². The van der Waals surface area contributed by atoms with Crippen LogP contribution in [-0.4, -0.2) is 70.8 Å². The number of nitrogens with zero attached hydrogens (tertiary/aromatic N) is 4. The van der Waals surface area contributed by atoms with Gasteiger partial charge in [-0.3, -0.25) is 4.79 Å². The van der Waals surface area contributed by atoms with Crippen molar-refractivity contribution in [1.29, 1.82) is 0 Å². The number of hydrogen-bond donors (Lipinski definition) is 1. The summed E-state index contributed by atoms with van der Waals surface area (Å²) in [5, 5.41) is 6.93. The normalized spacial score (nSPS) is 33.8. The first-order chi connectivity index (χ1) is 13.5. The van der Waals surface area contributed by atoms with Crippen molar-refractivity contribution in [3.63, 3.8) is 0 Å². The fourth-order valence-corrected chi connectivity index (χ4v) is 5.35. The Hall–Kier alpha value is -2.32. The third kappa shape index (κ3) is 2.82. The smallest absolute Gasteiger partial charge is 0.333 e. The molecule has 4 aliphatic rings. The molecular formula is C20H23F2N5O. The molecule has 3 atom stereocenters. The van der Waals surface area contributed by atoms with Gasteiger partial charge in [0, 0.05) is 62.8 Å². The molecule has 5 heterocycles. The van der Waals surface area contributed by atoms with Gasteiger partial charge in [0.1, 0.15) is 5.69 Å². The number of carbonyl (C=O) groups is 1. The minimum atomic E-state index is -2.75. The molecule has 4 bridgehead atoms. The molecule has 1 aromatic heterocycles. The van der Waals surface area contributed by atoms with E-state index >= 15 is 0 Å². The van der Waals surface area contributed by atoms with E-state index in [4.69, 9.17) is 0 Å². The average molecular weight is 387 g/mol. The third-order valence-electron chi connectivity index (χ3n) is 6.47. The molecule has 8 heteroatoms. The van der Waals surface area contributed by atoms with E-state index in [1.54, 1.807) is 0 Å². The molecule has 4 aliphatic heterocycles. The van der Waals surface area contributed by atoms with E-state index in [-0.39, 0.29) is 23.1 Å². The topological polar surface area (TPSA) is 53.4 Å². The minimum absolute atomic E-state index is 0.0377. The van der Waals surface area contributed by atoms with Crippen molar-refractivity contribution in [3.05, 3.63) is 53.9 Å². The standard InChI is InChI=1S/C20H23F2N5O/c21-19(22)27-7-6-16(24-27)18(28)23-17-14-10-25-8-9-26(11-14)13-20(17,12-25)15-4-2-1-3-5-15/h1-7,14,17,19H,8-13H2,(H,23,28)/t14?,17-,20?/m0/s1. The van der Waals surface area contributed by atoms with Crippen LogP contribution in [0.5, 0.6) is 0 Å². The van der Waals surface area contributed by atoms with Gasteiger partial charge in [0.25, 0.3) is 5.91 Å². The maximum atomic E-state index is 12.9. The van der Waals surface area contributed by atoms with E-state index in [9.17, 15) is 13.6 Å². The van der Waals surface area contributed by atoms with Crippen molar-refractivity contribution < 1.29 is 13.6 Å². The Balaban J connectivity index is 1.49. The first-order valence-corrected chi connectivity index (χ1v) is 9.69. The molecule has 148 valence electrons. The van der Waals surface area contributed by atoms with E-state index < -0.39 is 6.55 Å². The lowest BCUT2D eigenvalue weighted by Gasteiger charge is -2.55.